The number of fused-ring (bicyclic) bond motifs is 1. The third-order valence-electron chi connectivity index (χ3n) is 3.91. The van der Waals surface area contributed by atoms with E-state index in [9.17, 15) is 4.79 Å². The van der Waals surface area contributed by atoms with Crippen molar-refractivity contribution >= 4 is 16.7 Å². The standard InChI is InChI=1S/C19H18N2O2/c1-4-23-19(22)15-6-5-12(2)18(10-15)14-7-8-17-13(3)21-20-11-16(17)9-14/h5-11H,4H2,1-3H3. The number of carbonyl (C=O) groups is 1. The molecule has 0 radical (unpaired) electrons. The van der Waals surface area contributed by atoms with Crippen molar-refractivity contribution in [1.82, 2.24) is 10.2 Å². The van der Waals surface area contributed by atoms with E-state index >= 15 is 0 Å². The number of esters is 1. The third-order valence-corrected chi connectivity index (χ3v) is 3.91. The summed E-state index contributed by atoms with van der Waals surface area (Å²) >= 11 is 0. The van der Waals surface area contributed by atoms with Crippen molar-refractivity contribution in [2.45, 2.75) is 20.8 Å². The summed E-state index contributed by atoms with van der Waals surface area (Å²) in [5, 5.41) is 10.2. The lowest BCUT2D eigenvalue weighted by Crippen LogP contribution is -2.05. The first-order chi connectivity index (χ1) is 11.1. The van der Waals surface area contributed by atoms with Crippen LogP contribution in [-0.4, -0.2) is 22.8 Å². The summed E-state index contributed by atoms with van der Waals surface area (Å²) in [5.41, 5.74) is 4.65. The van der Waals surface area contributed by atoms with E-state index in [4.69, 9.17) is 4.74 Å². The molecule has 0 unspecified atom stereocenters. The summed E-state index contributed by atoms with van der Waals surface area (Å²) in [5.74, 6) is -0.295. The van der Waals surface area contributed by atoms with Crippen LogP contribution in [0.1, 0.15) is 28.5 Å². The molecular weight excluding hydrogens is 288 g/mol. The monoisotopic (exact) mass is 306 g/mol. The summed E-state index contributed by atoms with van der Waals surface area (Å²) in [6.07, 6.45) is 1.76. The lowest BCUT2D eigenvalue weighted by molar-refractivity contribution is 0.0526. The van der Waals surface area contributed by atoms with E-state index in [-0.39, 0.29) is 5.97 Å². The van der Waals surface area contributed by atoms with Crippen LogP contribution in [-0.2, 0) is 4.74 Å². The molecule has 116 valence electrons. The van der Waals surface area contributed by atoms with Crippen LogP contribution >= 0.6 is 0 Å². The molecule has 0 fully saturated rings. The quantitative estimate of drug-likeness (QED) is 0.684. The molecule has 3 rings (SSSR count). The minimum atomic E-state index is -0.295. The van der Waals surface area contributed by atoms with E-state index in [2.05, 4.69) is 16.3 Å². The molecule has 0 saturated heterocycles. The number of carbonyl (C=O) groups excluding carboxylic acids is 1. The number of hydrogen-bond donors (Lipinski definition) is 0. The van der Waals surface area contributed by atoms with E-state index < -0.39 is 0 Å². The Morgan fingerprint density at radius 2 is 1.96 bits per heavy atom. The first-order valence-corrected chi connectivity index (χ1v) is 7.60. The molecule has 1 heterocycles. The van der Waals surface area contributed by atoms with Gasteiger partial charge in [0.15, 0.2) is 0 Å². The SMILES string of the molecule is CCOC(=O)c1ccc(C)c(-c2ccc3c(C)nncc3c2)c1. The van der Waals surface area contributed by atoms with Gasteiger partial charge in [0.2, 0.25) is 0 Å². The van der Waals surface area contributed by atoms with Gasteiger partial charge in [-0.2, -0.15) is 10.2 Å². The molecule has 23 heavy (non-hydrogen) atoms. The van der Waals surface area contributed by atoms with Crippen LogP contribution in [0.2, 0.25) is 0 Å². The average Bonchev–Trinajstić information content (AvgIpc) is 2.55. The second-order valence-electron chi connectivity index (χ2n) is 5.48. The number of aryl methyl sites for hydroxylation is 2. The Kier molecular flexibility index (Phi) is 4.06. The van der Waals surface area contributed by atoms with Gasteiger partial charge in [-0.3, -0.25) is 0 Å². The molecule has 0 aliphatic rings. The van der Waals surface area contributed by atoms with E-state index in [1.54, 1.807) is 19.2 Å². The van der Waals surface area contributed by atoms with Crippen molar-refractivity contribution in [2.75, 3.05) is 6.61 Å². The normalized spacial score (nSPS) is 10.7. The highest BCUT2D eigenvalue weighted by atomic mass is 16.5. The van der Waals surface area contributed by atoms with Crippen LogP contribution in [0, 0.1) is 13.8 Å². The first-order valence-electron chi connectivity index (χ1n) is 7.60. The summed E-state index contributed by atoms with van der Waals surface area (Å²) < 4.78 is 5.09. The minimum Gasteiger partial charge on any atom is -0.462 e. The highest BCUT2D eigenvalue weighted by Crippen LogP contribution is 2.28. The van der Waals surface area contributed by atoms with Gasteiger partial charge in [-0.15, -0.1) is 0 Å². The van der Waals surface area contributed by atoms with Gasteiger partial charge in [-0.1, -0.05) is 18.2 Å². The van der Waals surface area contributed by atoms with E-state index in [1.165, 1.54) is 0 Å². The maximum Gasteiger partial charge on any atom is 0.338 e. The summed E-state index contributed by atoms with van der Waals surface area (Å²) in [6.45, 7) is 6.15. The molecule has 4 nitrogen and oxygen atoms in total. The Labute approximate surface area is 135 Å². The van der Waals surface area contributed by atoms with Crippen molar-refractivity contribution < 1.29 is 9.53 Å². The van der Waals surface area contributed by atoms with Crippen molar-refractivity contribution in [2.24, 2.45) is 0 Å². The van der Waals surface area contributed by atoms with Crippen LogP contribution in [0.4, 0.5) is 0 Å². The topological polar surface area (TPSA) is 52.1 Å². The van der Waals surface area contributed by atoms with Crippen LogP contribution in [0.5, 0.6) is 0 Å². The number of aromatic nitrogens is 2. The zero-order valence-corrected chi connectivity index (χ0v) is 13.5. The average molecular weight is 306 g/mol. The number of benzene rings is 2. The minimum absolute atomic E-state index is 0.295. The summed E-state index contributed by atoms with van der Waals surface area (Å²) in [7, 11) is 0. The Morgan fingerprint density at radius 3 is 2.74 bits per heavy atom. The first kappa shape index (κ1) is 15.2. The van der Waals surface area contributed by atoms with E-state index in [0.717, 1.165) is 33.2 Å². The zero-order chi connectivity index (χ0) is 16.4. The Bertz CT molecular complexity index is 888. The molecule has 0 amide bonds. The molecule has 4 heteroatoms. The van der Waals surface area contributed by atoms with Crippen LogP contribution < -0.4 is 0 Å². The molecule has 0 saturated carbocycles. The number of hydrogen-bond acceptors (Lipinski definition) is 4. The molecular formula is C19H18N2O2. The van der Waals surface area contributed by atoms with Gasteiger partial charge >= 0.3 is 5.97 Å². The maximum absolute atomic E-state index is 12.0. The largest absolute Gasteiger partial charge is 0.462 e. The van der Waals surface area contributed by atoms with Gasteiger partial charge in [0.1, 0.15) is 0 Å². The van der Waals surface area contributed by atoms with Crippen molar-refractivity contribution in [3.63, 3.8) is 0 Å². The Morgan fingerprint density at radius 1 is 1.13 bits per heavy atom. The second-order valence-corrected chi connectivity index (χ2v) is 5.48. The van der Waals surface area contributed by atoms with Gasteiger partial charge in [0.05, 0.1) is 24.1 Å². The van der Waals surface area contributed by atoms with E-state index in [0.29, 0.717) is 12.2 Å². The number of nitrogens with zero attached hydrogens (tertiary/aromatic N) is 2. The van der Waals surface area contributed by atoms with Gasteiger partial charge in [-0.25, -0.2) is 4.79 Å². The maximum atomic E-state index is 12.0. The highest BCUT2D eigenvalue weighted by Gasteiger charge is 2.11. The number of ether oxygens (including phenoxy) is 1. The lowest BCUT2D eigenvalue weighted by atomic mass is 9.96. The lowest BCUT2D eigenvalue weighted by Gasteiger charge is -2.10. The van der Waals surface area contributed by atoms with Gasteiger partial charge in [0.25, 0.3) is 0 Å². The van der Waals surface area contributed by atoms with Gasteiger partial charge < -0.3 is 4.74 Å². The fraction of sp³-hybridized carbons (Fsp3) is 0.211. The molecule has 0 aliphatic carbocycles. The molecule has 1 aromatic heterocycles. The molecule has 0 bridgehead atoms. The Hall–Kier alpha value is -2.75. The molecule has 2 aromatic carbocycles. The summed E-state index contributed by atoms with van der Waals surface area (Å²) in [4.78, 5) is 12.0. The second kappa shape index (κ2) is 6.16. The predicted molar refractivity (Wildman–Crippen MR) is 90.4 cm³/mol. The van der Waals surface area contributed by atoms with Crippen molar-refractivity contribution in [3.05, 3.63) is 59.4 Å². The molecule has 3 aromatic rings. The molecule has 0 atom stereocenters. The predicted octanol–water partition coefficient (Wildman–Crippen LogP) is 4.09. The van der Waals surface area contributed by atoms with Crippen molar-refractivity contribution in [1.29, 1.82) is 0 Å². The smallest absolute Gasteiger partial charge is 0.338 e. The zero-order valence-electron chi connectivity index (χ0n) is 13.5. The fourth-order valence-electron chi connectivity index (χ4n) is 2.67. The third kappa shape index (κ3) is 2.93. The van der Waals surface area contributed by atoms with E-state index in [1.807, 2.05) is 38.1 Å². The van der Waals surface area contributed by atoms with Crippen LogP contribution in [0.15, 0.2) is 42.6 Å². The molecule has 0 N–H and O–H groups in total. The van der Waals surface area contributed by atoms with Gasteiger partial charge in [-0.05, 0) is 55.7 Å². The highest BCUT2D eigenvalue weighted by molar-refractivity contribution is 5.93. The van der Waals surface area contributed by atoms with Crippen molar-refractivity contribution in [3.8, 4) is 11.1 Å². The molecule has 0 spiro atoms. The van der Waals surface area contributed by atoms with Gasteiger partial charge in [0, 0.05) is 10.8 Å². The fourth-order valence-corrected chi connectivity index (χ4v) is 2.67. The van der Waals surface area contributed by atoms with Crippen LogP contribution in [0.25, 0.3) is 21.9 Å². The van der Waals surface area contributed by atoms with Crippen LogP contribution in [0.3, 0.4) is 0 Å². The summed E-state index contributed by atoms with van der Waals surface area (Å²) in [6, 6.07) is 11.8. The molecule has 0 aliphatic heterocycles. The Balaban J connectivity index is 2.10. The number of rotatable bonds is 3.